The fraction of sp³-hybridized carbons (Fsp3) is 0.214. The molecule has 0 atom stereocenters. The van der Waals surface area contributed by atoms with Crippen molar-refractivity contribution in [1.29, 1.82) is 0 Å². The molecule has 0 aliphatic carbocycles. The molecule has 0 saturated heterocycles. The van der Waals surface area contributed by atoms with E-state index >= 15 is 0 Å². The van der Waals surface area contributed by atoms with Crippen LogP contribution < -0.4 is 10.5 Å². The minimum Gasteiger partial charge on any atom is -0.490 e. The van der Waals surface area contributed by atoms with Crippen molar-refractivity contribution in [3.8, 4) is 5.75 Å². The van der Waals surface area contributed by atoms with Gasteiger partial charge in [0.1, 0.15) is 5.75 Å². The van der Waals surface area contributed by atoms with Crippen molar-refractivity contribution in [3.05, 3.63) is 42.0 Å². The summed E-state index contributed by atoms with van der Waals surface area (Å²) in [6, 6.07) is 11.1. The first-order valence-electron chi connectivity index (χ1n) is 5.58. The first-order valence-corrected chi connectivity index (χ1v) is 5.58. The third kappa shape index (κ3) is 2.23. The van der Waals surface area contributed by atoms with Gasteiger partial charge in [-0.1, -0.05) is 24.3 Å². The number of benzene rings is 2. The van der Waals surface area contributed by atoms with E-state index in [-0.39, 0.29) is 6.10 Å². The molecule has 2 rings (SSSR count). The largest absolute Gasteiger partial charge is 0.490 e. The molecular formula is C14H15NO2. The maximum atomic E-state index is 11.3. The minimum atomic E-state index is -0.419. The van der Waals surface area contributed by atoms with Crippen LogP contribution in [0.1, 0.15) is 24.2 Å². The van der Waals surface area contributed by atoms with Gasteiger partial charge in [-0.15, -0.1) is 0 Å². The number of primary amides is 1. The number of nitrogens with two attached hydrogens (primary N) is 1. The quantitative estimate of drug-likeness (QED) is 0.879. The summed E-state index contributed by atoms with van der Waals surface area (Å²) in [4.78, 5) is 11.3. The van der Waals surface area contributed by atoms with Crippen molar-refractivity contribution >= 4 is 16.7 Å². The Kier molecular flexibility index (Phi) is 3.00. The lowest BCUT2D eigenvalue weighted by molar-refractivity contribution is 0.100. The molecule has 0 fully saturated rings. The Labute approximate surface area is 100 Å². The minimum absolute atomic E-state index is 0.0952. The molecule has 3 nitrogen and oxygen atoms in total. The maximum Gasteiger partial charge on any atom is 0.249 e. The summed E-state index contributed by atoms with van der Waals surface area (Å²) >= 11 is 0. The van der Waals surface area contributed by atoms with Crippen molar-refractivity contribution < 1.29 is 9.53 Å². The van der Waals surface area contributed by atoms with Crippen molar-refractivity contribution in [2.75, 3.05) is 0 Å². The zero-order chi connectivity index (χ0) is 12.4. The molecule has 2 N–H and O–H groups in total. The summed E-state index contributed by atoms with van der Waals surface area (Å²) in [7, 11) is 0. The molecule has 0 radical (unpaired) electrons. The topological polar surface area (TPSA) is 52.3 Å². The number of hydrogen-bond donors (Lipinski definition) is 1. The molecule has 1 amide bonds. The van der Waals surface area contributed by atoms with Crippen LogP contribution in [0.3, 0.4) is 0 Å². The normalized spacial score (nSPS) is 10.8. The smallest absolute Gasteiger partial charge is 0.249 e. The van der Waals surface area contributed by atoms with Crippen molar-refractivity contribution in [2.45, 2.75) is 20.0 Å². The van der Waals surface area contributed by atoms with Gasteiger partial charge in [0, 0.05) is 10.9 Å². The standard InChI is InChI=1S/C14H15NO2/c1-9(2)17-13-8-7-12(14(15)16)10-5-3-4-6-11(10)13/h3-9H,1-2H3,(H2,15,16). The number of amides is 1. The van der Waals surface area contributed by atoms with Gasteiger partial charge in [-0.25, -0.2) is 0 Å². The summed E-state index contributed by atoms with van der Waals surface area (Å²) in [5.74, 6) is 0.359. The van der Waals surface area contributed by atoms with Gasteiger partial charge in [-0.3, -0.25) is 4.79 Å². The highest BCUT2D eigenvalue weighted by atomic mass is 16.5. The predicted octanol–water partition coefficient (Wildman–Crippen LogP) is 2.73. The van der Waals surface area contributed by atoms with E-state index in [0.717, 1.165) is 16.5 Å². The van der Waals surface area contributed by atoms with Gasteiger partial charge < -0.3 is 10.5 Å². The Bertz CT molecular complexity index is 561. The van der Waals surface area contributed by atoms with Gasteiger partial charge in [0.15, 0.2) is 0 Å². The SMILES string of the molecule is CC(C)Oc1ccc(C(N)=O)c2ccccc12. The van der Waals surface area contributed by atoms with Crippen LogP contribution in [0.4, 0.5) is 0 Å². The van der Waals surface area contributed by atoms with Crippen LogP contribution in [0.25, 0.3) is 10.8 Å². The molecule has 0 saturated carbocycles. The second-order valence-corrected chi connectivity index (χ2v) is 4.19. The monoisotopic (exact) mass is 229 g/mol. The molecule has 0 aliphatic heterocycles. The van der Waals surface area contributed by atoms with E-state index in [1.165, 1.54) is 0 Å². The van der Waals surface area contributed by atoms with E-state index in [9.17, 15) is 4.79 Å². The van der Waals surface area contributed by atoms with E-state index in [2.05, 4.69) is 0 Å². The van der Waals surface area contributed by atoms with E-state index in [0.29, 0.717) is 5.56 Å². The van der Waals surface area contributed by atoms with E-state index in [1.54, 1.807) is 12.1 Å². The van der Waals surface area contributed by atoms with E-state index < -0.39 is 5.91 Å². The van der Waals surface area contributed by atoms with Crippen LogP contribution in [0.2, 0.25) is 0 Å². The molecule has 88 valence electrons. The number of carbonyl (C=O) groups excluding carboxylic acids is 1. The zero-order valence-corrected chi connectivity index (χ0v) is 9.94. The van der Waals surface area contributed by atoms with Gasteiger partial charge in [0.2, 0.25) is 5.91 Å². The first-order chi connectivity index (χ1) is 8.09. The average molecular weight is 229 g/mol. The maximum absolute atomic E-state index is 11.3. The first kappa shape index (κ1) is 11.5. The number of fused-ring (bicyclic) bond motifs is 1. The van der Waals surface area contributed by atoms with Gasteiger partial charge in [-0.05, 0) is 31.4 Å². The third-order valence-corrected chi connectivity index (χ3v) is 2.51. The molecule has 0 bridgehead atoms. The second-order valence-electron chi connectivity index (χ2n) is 4.19. The summed E-state index contributed by atoms with van der Waals surface area (Å²) in [6.45, 7) is 3.94. The lowest BCUT2D eigenvalue weighted by atomic mass is 10.0. The van der Waals surface area contributed by atoms with Crippen molar-refractivity contribution in [3.63, 3.8) is 0 Å². The summed E-state index contributed by atoms with van der Waals surface area (Å²) in [5, 5.41) is 1.75. The molecule has 0 heterocycles. The Morgan fingerprint density at radius 2 is 1.76 bits per heavy atom. The van der Waals surface area contributed by atoms with Gasteiger partial charge in [0.25, 0.3) is 0 Å². The number of ether oxygens (including phenoxy) is 1. The summed E-state index contributed by atoms with van der Waals surface area (Å²) < 4.78 is 5.71. The number of carbonyl (C=O) groups is 1. The Morgan fingerprint density at radius 1 is 1.12 bits per heavy atom. The van der Waals surface area contributed by atoms with Crippen LogP contribution in [0.15, 0.2) is 36.4 Å². The molecule has 0 aromatic heterocycles. The molecule has 0 spiro atoms. The zero-order valence-electron chi connectivity index (χ0n) is 9.94. The van der Waals surface area contributed by atoms with Crippen LogP contribution >= 0.6 is 0 Å². The molecule has 2 aromatic rings. The van der Waals surface area contributed by atoms with E-state index in [1.807, 2.05) is 38.1 Å². The highest BCUT2D eigenvalue weighted by Crippen LogP contribution is 2.29. The van der Waals surface area contributed by atoms with Crippen molar-refractivity contribution in [1.82, 2.24) is 0 Å². The molecule has 2 aromatic carbocycles. The fourth-order valence-electron chi connectivity index (χ4n) is 1.84. The lowest BCUT2D eigenvalue weighted by Gasteiger charge is -2.13. The summed E-state index contributed by atoms with van der Waals surface area (Å²) in [6.07, 6.45) is 0.0952. The highest BCUT2D eigenvalue weighted by Gasteiger charge is 2.10. The van der Waals surface area contributed by atoms with Gasteiger partial charge >= 0.3 is 0 Å². The van der Waals surface area contributed by atoms with E-state index in [4.69, 9.17) is 10.5 Å². The molecule has 0 aliphatic rings. The van der Waals surface area contributed by atoms with Gasteiger partial charge in [-0.2, -0.15) is 0 Å². The van der Waals surface area contributed by atoms with Gasteiger partial charge in [0.05, 0.1) is 6.10 Å². The highest BCUT2D eigenvalue weighted by molar-refractivity contribution is 6.07. The Balaban J connectivity index is 2.66. The number of hydrogen-bond acceptors (Lipinski definition) is 2. The molecule has 17 heavy (non-hydrogen) atoms. The van der Waals surface area contributed by atoms with Crippen LogP contribution in [0, 0.1) is 0 Å². The van der Waals surface area contributed by atoms with Crippen LogP contribution in [-0.2, 0) is 0 Å². The Hall–Kier alpha value is -2.03. The predicted molar refractivity (Wildman–Crippen MR) is 68.2 cm³/mol. The molecule has 0 unspecified atom stereocenters. The molecule has 3 heteroatoms. The van der Waals surface area contributed by atoms with Crippen LogP contribution in [-0.4, -0.2) is 12.0 Å². The lowest BCUT2D eigenvalue weighted by Crippen LogP contribution is -2.12. The fourth-order valence-corrected chi connectivity index (χ4v) is 1.84. The number of rotatable bonds is 3. The summed E-state index contributed by atoms with van der Waals surface area (Å²) in [5.41, 5.74) is 5.88. The average Bonchev–Trinajstić information content (AvgIpc) is 2.28. The van der Waals surface area contributed by atoms with Crippen LogP contribution in [0.5, 0.6) is 5.75 Å². The Morgan fingerprint density at radius 3 is 2.35 bits per heavy atom. The molecular weight excluding hydrogens is 214 g/mol. The third-order valence-electron chi connectivity index (χ3n) is 2.51. The van der Waals surface area contributed by atoms with Crippen molar-refractivity contribution in [2.24, 2.45) is 5.73 Å². The second kappa shape index (κ2) is 4.45.